The zero-order chi connectivity index (χ0) is 21.6. The normalized spacial score (nSPS) is 21.2. The van der Waals surface area contributed by atoms with Crippen LogP contribution < -0.4 is 9.47 Å². The minimum atomic E-state index is -1.33. The number of carbonyl (C=O) groups is 1. The molecule has 0 spiro atoms. The first-order chi connectivity index (χ1) is 14.2. The summed E-state index contributed by atoms with van der Waals surface area (Å²) in [6, 6.07) is 8.42. The standard InChI is InChI=1S/C25H26O5/c1-14(2)5-6-15-13-16(7-9-19(15)26)23-22(28)21(27)18-8-10-20-17(24(18)29-23)11-12-25(3,4)30-20/h5,7-13,22-23,26,28H,6H2,1-4H3/t22-,23+/m1/s1. The zero-order valence-corrected chi connectivity index (χ0v) is 17.6. The maximum atomic E-state index is 12.9. The number of allylic oxidation sites excluding steroid dienone is 2. The summed E-state index contributed by atoms with van der Waals surface area (Å²) in [4.78, 5) is 12.9. The second-order valence-corrected chi connectivity index (χ2v) is 8.61. The Hall–Kier alpha value is -3.05. The number of fused-ring (bicyclic) bond motifs is 3. The smallest absolute Gasteiger partial charge is 0.199 e. The first kappa shape index (κ1) is 20.2. The first-order valence-electron chi connectivity index (χ1n) is 10.1. The highest BCUT2D eigenvalue weighted by atomic mass is 16.5. The molecule has 0 aliphatic carbocycles. The molecule has 2 heterocycles. The van der Waals surface area contributed by atoms with E-state index in [1.54, 1.807) is 30.3 Å². The highest BCUT2D eigenvalue weighted by molar-refractivity contribution is 6.04. The van der Waals surface area contributed by atoms with E-state index in [1.807, 2.05) is 45.9 Å². The molecular weight excluding hydrogens is 380 g/mol. The fourth-order valence-electron chi connectivity index (χ4n) is 3.75. The summed E-state index contributed by atoms with van der Waals surface area (Å²) in [5.41, 5.74) is 3.07. The number of carbonyl (C=O) groups excluding carboxylic acids is 1. The molecule has 0 fully saturated rings. The number of rotatable bonds is 3. The summed E-state index contributed by atoms with van der Waals surface area (Å²) in [5.74, 6) is 0.836. The Morgan fingerprint density at radius 3 is 2.70 bits per heavy atom. The minimum Gasteiger partial charge on any atom is -0.508 e. The molecule has 0 unspecified atom stereocenters. The molecule has 2 N–H and O–H groups in total. The fraction of sp³-hybridized carbons (Fsp3) is 0.320. The molecule has 5 nitrogen and oxygen atoms in total. The first-order valence-corrected chi connectivity index (χ1v) is 10.1. The fourth-order valence-corrected chi connectivity index (χ4v) is 3.75. The quantitative estimate of drug-likeness (QED) is 0.719. The Morgan fingerprint density at radius 2 is 1.97 bits per heavy atom. The monoisotopic (exact) mass is 406 g/mol. The van der Waals surface area contributed by atoms with Crippen LogP contribution in [0.2, 0.25) is 0 Å². The van der Waals surface area contributed by atoms with E-state index in [2.05, 4.69) is 0 Å². The van der Waals surface area contributed by atoms with Gasteiger partial charge in [-0.2, -0.15) is 0 Å². The van der Waals surface area contributed by atoms with Crippen LogP contribution in [0, 0.1) is 0 Å². The van der Waals surface area contributed by atoms with Crippen molar-refractivity contribution in [3.63, 3.8) is 0 Å². The van der Waals surface area contributed by atoms with Crippen LogP contribution in [0.4, 0.5) is 0 Å². The molecule has 2 aliphatic rings. The van der Waals surface area contributed by atoms with Crippen molar-refractivity contribution in [1.29, 1.82) is 0 Å². The highest BCUT2D eigenvalue weighted by Crippen LogP contribution is 2.44. The van der Waals surface area contributed by atoms with Crippen molar-refractivity contribution in [3.8, 4) is 17.2 Å². The molecule has 4 rings (SSSR count). The zero-order valence-electron chi connectivity index (χ0n) is 17.6. The van der Waals surface area contributed by atoms with Gasteiger partial charge in [0.2, 0.25) is 0 Å². The van der Waals surface area contributed by atoms with Gasteiger partial charge in [0.15, 0.2) is 18.0 Å². The predicted octanol–water partition coefficient (Wildman–Crippen LogP) is 4.76. The molecule has 156 valence electrons. The van der Waals surface area contributed by atoms with Crippen molar-refractivity contribution >= 4 is 11.9 Å². The van der Waals surface area contributed by atoms with E-state index >= 15 is 0 Å². The number of phenols is 1. The number of hydrogen-bond donors (Lipinski definition) is 2. The summed E-state index contributed by atoms with van der Waals surface area (Å²) in [6.07, 6.45) is 4.18. The number of hydrogen-bond acceptors (Lipinski definition) is 5. The van der Waals surface area contributed by atoms with Gasteiger partial charge in [0.1, 0.15) is 22.8 Å². The Morgan fingerprint density at radius 1 is 1.20 bits per heavy atom. The number of aliphatic hydroxyl groups is 1. The maximum absolute atomic E-state index is 12.9. The van der Waals surface area contributed by atoms with Crippen LogP contribution in [-0.4, -0.2) is 27.7 Å². The Balaban J connectivity index is 1.75. The number of aliphatic hydroxyl groups excluding tert-OH is 1. The summed E-state index contributed by atoms with van der Waals surface area (Å²) >= 11 is 0. The van der Waals surface area contributed by atoms with Gasteiger partial charge in [-0.15, -0.1) is 0 Å². The average Bonchev–Trinajstić information content (AvgIpc) is 2.68. The average molecular weight is 406 g/mol. The number of ketones is 1. The Kier molecular flexibility index (Phi) is 4.94. The topological polar surface area (TPSA) is 76.0 Å². The molecule has 2 aromatic carbocycles. The lowest BCUT2D eigenvalue weighted by molar-refractivity contribution is 0.0212. The van der Waals surface area contributed by atoms with Crippen LogP contribution in [0.15, 0.2) is 48.1 Å². The van der Waals surface area contributed by atoms with E-state index in [4.69, 9.17) is 9.47 Å². The molecule has 2 atom stereocenters. The lowest BCUT2D eigenvalue weighted by Crippen LogP contribution is -2.37. The molecule has 0 saturated heterocycles. The van der Waals surface area contributed by atoms with E-state index < -0.39 is 17.8 Å². The van der Waals surface area contributed by atoms with E-state index in [0.29, 0.717) is 40.2 Å². The van der Waals surface area contributed by atoms with Crippen molar-refractivity contribution in [1.82, 2.24) is 0 Å². The summed E-state index contributed by atoms with van der Waals surface area (Å²) < 4.78 is 12.2. The number of phenolic OH excluding ortho intramolecular Hbond substituents is 1. The van der Waals surface area contributed by atoms with Crippen LogP contribution in [-0.2, 0) is 6.42 Å². The van der Waals surface area contributed by atoms with Crippen molar-refractivity contribution in [2.24, 2.45) is 0 Å². The van der Waals surface area contributed by atoms with Crippen LogP contribution in [0.3, 0.4) is 0 Å². The number of benzene rings is 2. The van der Waals surface area contributed by atoms with Gasteiger partial charge in [-0.25, -0.2) is 0 Å². The van der Waals surface area contributed by atoms with Crippen LogP contribution in [0.25, 0.3) is 6.08 Å². The summed E-state index contributed by atoms with van der Waals surface area (Å²) in [6.45, 7) is 7.89. The molecule has 2 aliphatic heterocycles. The van der Waals surface area contributed by atoms with Gasteiger partial charge in [0.25, 0.3) is 0 Å². The van der Waals surface area contributed by atoms with Gasteiger partial charge in [-0.1, -0.05) is 17.7 Å². The van der Waals surface area contributed by atoms with Gasteiger partial charge in [0, 0.05) is 0 Å². The highest BCUT2D eigenvalue weighted by Gasteiger charge is 2.39. The molecule has 0 bridgehead atoms. The molecule has 5 heteroatoms. The van der Waals surface area contributed by atoms with Gasteiger partial charge < -0.3 is 19.7 Å². The lowest BCUT2D eigenvalue weighted by atomic mass is 9.89. The number of aromatic hydroxyl groups is 1. The second-order valence-electron chi connectivity index (χ2n) is 8.61. The molecular formula is C25H26O5. The molecule has 0 radical (unpaired) electrons. The van der Waals surface area contributed by atoms with Gasteiger partial charge >= 0.3 is 0 Å². The van der Waals surface area contributed by atoms with Crippen LogP contribution >= 0.6 is 0 Å². The third-order valence-electron chi connectivity index (χ3n) is 5.41. The molecule has 30 heavy (non-hydrogen) atoms. The SMILES string of the molecule is CC(C)=CCc1cc([C@@H]2Oc3c(ccc4c3C=CC(C)(C)O4)C(=O)[C@H]2O)ccc1O. The van der Waals surface area contributed by atoms with Crippen molar-refractivity contribution < 1.29 is 24.5 Å². The van der Waals surface area contributed by atoms with Gasteiger partial charge in [-0.05, 0) is 81.7 Å². The third kappa shape index (κ3) is 3.61. The van der Waals surface area contributed by atoms with Crippen LogP contribution in [0.1, 0.15) is 60.8 Å². The van der Waals surface area contributed by atoms with Crippen LogP contribution in [0.5, 0.6) is 17.2 Å². The summed E-state index contributed by atoms with van der Waals surface area (Å²) in [5, 5.41) is 20.9. The number of ether oxygens (including phenoxy) is 2. The van der Waals surface area contributed by atoms with E-state index in [9.17, 15) is 15.0 Å². The summed E-state index contributed by atoms with van der Waals surface area (Å²) in [7, 11) is 0. The molecule has 2 aromatic rings. The maximum Gasteiger partial charge on any atom is 0.199 e. The largest absolute Gasteiger partial charge is 0.508 e. The third-order valence-corrected chi connectivity index (χ3v) is 5.41. The molecule has 0 aromatic heterocycles. The molecule has 0 saturated carbocycles. The van der Waals surface area contributed by atoms with E-state index in [-0.39, 0.29) is 11.5 Å². The van der Waals surface area contributed by atoms with Gasteiger partial charge in [-0.3, -0.25) is 4.79 Å². The second kappa shape index (κ2) is 7.33. The van der Waals surface area contributed by atoms with E-state index in [0.717, 1.165) is 5.57 Å². The Labute approximate surface area is 176 Å². The predicted molar refractivity (Wildman–Crippen MR) is 115 cm³/mol. The lowest BCUT2D eigenvalue weighted by Gasteiger charge is -2.34. The van der Waals surface area contributed by atoms with Crippen molar-refractivity contribution in [2.75, 3.05) is 0 Å². The van der Waals surface area contributed by atoms with Crippen molar-refractivity contribution in [3.05, 3.63) is 70.3 Å². The van der Waals surface area contributed by atoms with Gasteiger partial charge in [0.05, 0.1) is 11.1 Å². The number of Topliss-reactive ketones (excluding diaryl/α,β-unsaturated/α-hetero) is 1. The van der Waals surface area contributed by atoms with Crippen molar-refractivity contribution in [2.45, 2.75) is 51.9 Å². The van der Waals surface area contributed by atoms with E-state index in [1.165, 1.54) is 0 Å². The molecule has 0 amide bonds. The Bertz CT molecular complexity index is 1070. The minimum absolute atomic E-state index is 0.171.